The van der Waals surface area contributed by atoms with E-state index in [1.165, 1.54) is 0 Å². The summed E-state index contributed by atoms with van der Waals surface area (Å²) in [5.41, 5.74) is 9.03. The van der Waals surface area contributed by atoms with Crippen molar-refractivity contribution in [3.05, 3.63) is 41.1 Å². The minimum atomic E-state index is 0.829. The van der Waals surface area contributed by atoms with E-state index in [4.69, 9.17) is 5.73 Å². The molecule has 3 heteroatoms. The van der Waals surface area contributed by atoms with Crippen molar-refractivity contribution in [3.63, 3.8) is 0 Å². The second-order valence-corrected chi connectivity index (χ2v) is 4.38. The van der Waals surface area contributed by atoms with E-state index in [0.29, 0.717) is 0 Å². The number of anilines is 1. The SMILES string of the molecule is CCn1cc(N)c(-c2cccc(Br)c2)c1. The van der Waals surface area contributed by atoms with Gasteiger partial charge in [-0.2, -0.15) is 0 Å². The molecule has 0 radical (unpaired) electrons. The fourth-order valence-corrected chi connectivity index (χ4v) is 2.00. The Balaban J connectivity index is 2.48. The number of rotatable bonds is 2. The van der Waals surface area contributed by atoms with Gasteiger partial charge >= 0.3 is 0 Å². The highest BCUT2D eigenvalue weighted by molar-refractivity contribution is 9.10. The zero-order chi connectivity index (χ0) is 10.8. The Bertz CT molecular complexity index is 474. The average molecular weight is 265 g/mol. The van der Waals surface area contributed by atoms with Crippen molar-refractivity contribution in [1.29, 1.82) is 0 Å². The number of hydrogen-bond donors (Lipinski definition) is 1. The van der Waals surface area contributed by atoms with Crippen LogP contribution in [0.25, 0.3) is 11.1 Å². The lowest BCUT2D eigenvalue weighted by Gasteiger charge is -2.00. The highest BCUT2D eigenvalue weighted by Gasteiger charge is 2.05. The topological polar surface area (TPSA) is 30.9 Å². The van der Waals surface area contributed by atoms with Gasteiger partial charge in [0.1, 0.15) is 0 Å². The van der Waals surface area contributed by atoms with E-state index in [-0.39, 0.29) is 0 Å². The summed E-state index contributed by atoms with van der Waals surface area (Å²) in [4.78, 5) is 0. The number of benzene rings is 1. The molecule has 0 aliphatic heterocycles. The van der Waals surface area contributed by atoms with Crippen molar-refractivity contribution in [2.75, 3.05) is 5.73 Å². The quantitative estimate of drug-likeness (QED) is 0.884. The lowest BCUT2D eigenvalue weighted by Crippen LogP contribution is -1.87. The number of nitrogens with two attached hydrogens (primary N) is 1. The maximum atomic E-state index is 5.96. The van der Waals surface area contributed by atoms with Crippen LogP contribution in [0.1, 0.15) is 6.92 Å². The number of hydrogen-bond acceptors (Lipinski definition) is 1. The van der Waals surface area contributed by atoms with Gasteiger partial charge in [0.2, 0.25) is 0 Å². The first-order valence-corrected chi connectivity index (χ1v) is 5.71. The third-order valence-electron chi connectivity index (χ3n) is 2.41. The van der Waals surface area contributed by atoms with Gasteiger partial charge in [-0.05, 0) is 24.6 Å². The Morgan fingerprint density at radius 1 is 1.33 bits per heavy atom. The van der Waals surface area contributed by atoms with Crippen LogP contribution in [0.2, 0.25) is 0 Å². The Labute approximate surface area is 97.8 Å². The molecule has 1 aromatic carbocycles. The van der Waals surface area contributed by atoms with Crippen molar-refractivity contribution in [3.8, 4) is 11.1 Å². The van der Waals surface area contributed by atoms with Crippen LogP contribution in [0.3, 0.4) is 0 Å². The molecular weight excluding hydrogens is 252 g/mol. The minimum absolute atomic E-state index is 0.829. The summed E-state index contributed by atoms with van der Waals surface area (Å²) in [5, 5.41) is 0. The molecule has 2 N–H and O–H groups in total. The predicted molar refractivity (Wildman–Crippen MR) is 67.7 cm³/mol. The van der Waals surface area contributed by atoms with Crippen molar-refractivity contribution in [2.24, 2.45) is 0 Å². The molecule has 1 aromatic heterocycles. The van der Waals surface area contributed by atoms with Crippen molar-refractivity contribution in [1.82, 2.24) is 4.57 Å². The van der Waals surface area contributed by atoms with Gasteiger partial charge in [0.25, 0.3) is 0 Å². The van der Waals surface area contributed by atoms with Crippen LogP contribution in [-0.4, -0.2) is 4.57 Å². The van der Waals surface area contributed by atoms with Gasteiger partial charge in [-0.3, -0.25) is 0 Å². The highest BCUT2D eigenvalue weighted by atomic mass is 79.9. The summed E-state index contributed by atoms with van der Waals surface area (Å²) in [6.07, 6.45) is 4.05. The number of nitrogens with zero attached hydrogens (tertiary/aromatic N) is 1. The van der Waals surface area contributed by atoms with Crippen molar-refractivity contribution >= 4 is 21.6 Å². The van der Waals surface area contributed by atoms with E-state index in [0.717, 1.165) is 27.8 Å². The van der Waals surface area contributed by atoms with Gasteiger partial charge < -0.3 is 10.3 Å². The van der Waals surface area contributed by atoms with Gasteiger partial charge in [-0.1, -0.05) is 28.1 Å². The molecule has 1 heterocycles. The zero-order valence-electron chi connectivity index (χ0n) is 8.57. The van der Waals surface area contributed by atoms with Gasteiger partial charge in [0, 0.05) is 29.0 Å². The summed E-state index contributed by atoms with van der Waals surface area (Å²) in [6.45, 7) is 3.04. The second-order valence-electron chi connectivity index (χ2n) is 3.47. The minimum Gasteiger partial charge on any atom is -0.397 e. The summed E-state index contributed by atoms with van der Waals surface area (Å²) >= 11 is 3.46. The molecule has 2 rings (SSSR count). The molecule has 0 unspecified atom stereocenters. The normalized spacial score (nSPS) is 10.5. The molecule has 0 bridgehead atoms. The summed E-state index contributed by atoms with van der Waals surface area (Å²) in [7, 11) is 0. The van der Waals surface area contributed by atoms with Crippen LogP contribution < -0.4 is 5.73 Å². The number of halogens is 1. The number of aryl methyl sites for hydroxylation is 1. The third kappa shape index (κ3) is 2.07. The van der Waals surface area contributed by atoms with Crippen LogP contribution in [-0.2, 0) is 6.54 Å². The Morgan fingerprint density at radius 2 is 2.13 bits per heavy atom. The smallest absolute Gasteiger partial charge is 0.0573 e. The monoisotopic (exact) mass is 264 g/mol. The van der Waals surface area contributed by atoms with Crippen molar-refractivity contribution in [2.45, 2.75) is 13.5 Å². The standard InChI is InChI=1S/C12H13BrN2/c1-2-15-7-11(12(14)8-15)9-4-3-5-10(13)6-9/h3-8H,2,14H2,1H3. The zero-order valence-corrected chi connectivity index (χ0v) is 10.2. The number of aromatic nitrogens is 1. The Morgan fingerprint density at radius 3 is 2.73 bits per heavy atom. The van der Waals surface area contributed by atoms with Gasteiger partial charge in [-0.25, -0.2) is 0 Å². The highest BCUT2D eigenvalue weighted by Crippen LogP contribution is 2.28. The number of nitrogen functional groups attached to an aromatic ring is 1. The molecule has 0 aliphatic rings. The maximum absolute atomic E-state index is 5.96. The molecule has 15 heavy (non-hydrogen) atoms. The van der Waals surface area contributed by atoms with Crippen molar-refractivity contribution < 1.29 is 0 Å². The third-order valence-corrected chi connectivity index (χ3v) is 2.90. The first-order chi connectivity index (χ1) is 7.20. The van der Waals surface area contributed by atoms with E-state index < -0.39 is 0 Å². The summed E-state index contributed by atoms with van der Waals surface area (Å²) < 4.78 is 3.16. The fraction of sp³-hybridized carbons (Fsp3) is 0.167. The fourth-order valence-electron chi connectivity index (χ4n) is 1.61. The molecule has 0 amide bonds. The van der Waals surface area contributed by atoms with Crippen LogP contribution in [0.5, 0.6) is 0 Å². The van der Waals surface area contributed by atoms with E-state index in [1.807, 2.05) is 18.3 Å². The lowest BCUT2D eigenvalue weighted by atomic mass is 10.1. The molecule has 0 atom stereocenters. The molecule has 0 saturated heterocycles. The summed E-state index contributed by atoms with van der Waals surface area (Å²) in [5.74, 6) is 0. The molecule has 0 spiro atoms. The van der Waals surface area contributed by atoms with Crippen LogP contribution >= 0.6 is 15.9 Å². The van der Waals surface area contributed by atoms with E-state index in [1.54, 1.807) is 0 Å². The first kappa shape index (κ1) is 10.3. The van der Waals surface area contributed by atoms with Crippen LogP contribution in [0.4, 0.5) is 5.69 Å². The second kappa shape index (κ2) is 4.11. The average Bonchev–Trinajstić information content (AvgIpc) is 2.60. The van der Waals surface area contributed by atoms with Gasteiger partial charge in [0.05, 0.1) is 5.69 Å². The first-order valence-electron chi connectivity index (χ1n) is 4.92. The van der Waals surface area contributed by atoms with E-state index >= 15 is 0 Å². The Kier molecular flexibility index (Phi) is 2.82. The lowest BCUT2D eigenvalue weighted by molar-refractivity contribution is 0.770. The Hall–Kier alpha value is -1.22. The molecule has 2 aromatic rings. The molecule has 0 saturated carbocycles. The predicted octanol–water partition coefficient (Wildman–Crippen LogP) is 3.52. The summed E-state index contributed by atoms with van der Waals surface area (Å²) in [6, 6.07) is 8.17. The van der Waals surface area contributed by atoms with E-state index in [2.05, 4.69) is 45.8 Å². The maximum Gasteiger partial charge on any atom is 0.0573 e. The largest absolute Gasteiger partial charge is 0.397 e. The molecular formula is C12H13BrN2. The molecule has 2 nitrogen and oxygen atoms in total. The molecule has 0 aliphatic carbocycles. The van der Waals surface area contributed by atoms with E-state index in [9.17, 15) is 0 Å². The molecule has 78 valence electrons. The van der Waals surface area contributed by atoms with Gasteiger partial charge in [-0.15, -0.1) is 0 Å². The van der Waals surface area contributed by atoms with Gasteiger partial charge in [0.15, 0.2) is 0 Å². The van der Waals surface area contributed by atoms with Crippen LogP contribution in [0.15, 0.2) is 41.1 Å². The van der Waals surface area contributed by atoms with Crippen LogP contribution in [0, 0.1) is 0 Å². The molecule has 0 fully saturated rings.